The molecule has 0 aromatic heterocycles. The molecule has 19 heavy (non-hydrogen) atoms. The summed E-state index contributed by atoms with van der Waals surface area (Å²) < 4.78 is 13.2. The summed E-state index contributed by atoms with van der Waals surface area (Å²) in [7, 11) is 0. The van der Waals surface area contributed by atoms with Gasteiger partial charge in [-0.3, -0.25) is 9.59 Å². The van der Waals surface area contributed by atoms with Crippen LogP contribution in [0, 0.1) is 5.82 Å². The largest absolute Gasteiger partial charge is 0.480 e. The van der Waals surface area contributed by atoms with Crippen LogP contribution < -0.4 is 10.6 Å². The number of aliphatic carboxylic acids is 1. The number of halogens is 1. The summed E-state index contributed by atoms with van der Waals surface area (Å²) in [6.07, 6.45) is 0.683. The average molecular weight is 268 g/mol. The van der Waals surface area contributed by atoms with Gasteiger partial charge in [0.1, 0.15) is 12.4 Å². The van der Waals surface area contributed by atoms with Crippen molar-refractivity contribution < 1.29 is 19.1 Å². The zero-order valence-electron chi connectivity index (χ0n) is 10.9. The smallest absolute Gasteiger partial charge is 0.323 e. The van der Waals surface area contributed by atoms with Gasteiger partial charge in [-0.2, -0.15) is 0 Å². The van der Waals surface area contributed by atoms with E-state index in [1.807, 2.05) is 13.8 Å². The Morgan fingerprint density at radius 3 is 2.58 bits per heavy atom. The molecule has 3 N–H and O–H groups in total. The van der Waals surface area contributed by atoms with E-state index in [9.17, 15) is 14.0 Å². The van der Waals surface area contributed by atoms with E-state index in [1.54, 1.807) is 0 Å². The highest BCUT2D eigenvalue weighted by Crippen LogP contribution is 2.24. The maximum Gasteiger partial charge on any atom is 0.323 e. The Morgan fingerprint density at radius 1 is 1.47 bits per heavy atom. The Hall–Kier alpha value is -2.11. The number of benzene rings is 1. The lowest BCUT2D eigenvalue weighted by atomic mass is 10.1. The van der Waals surface area contributed by atoms with Crippen molar-refractivity contribution in [3.05, 3.63) is 29.6 Å². The lowest BCUT2D eigenvalue weighted by molar-refractivity contribution is -0.135. The first-order valence-electron chi connectivity index (χ1n) is 5.94. The van der Waals surface area contributed by atoms with Gasteiger partial charge < -0.3 is 15.7 Å². The second-order valence-corrected chi connectivity index (χ2v) is 4.30. The predicted molar refractivity (Wildman–Crippen MR) is 69.7 cm³/mol. The summed E-state index contributed by atoms with van der Waals surface area (Å²) in [6, 6.07) is 3.47. The van der Waals surface area contributed by atoms with E-state index in [-0.39, 0.29) is 18.2 Å². The summed E-state index contributed by atoms with van der Waals surface area (Å²) in [6.45, 7) is 3.45. The maximum atomic E-state index is 13.2. The van der Waals surface area contributed by atoms with Gasteiger partial charge in [0.15, 0.2) is 0 Å². The van der Waals surface area contributed by atoms with Gasteiger partial charge in [-0.25, -0.2) is 4.39 Å². The third-order valence-corrected chi connectivity index (χ3v) is 2.96. The number of amides is 1. The third kappa shape index (κ3) is 3.67. The maximum absolute atomic E-state index is 13.2. The summed E-state index contributed by atoms with van der Waals surface area (Å²) in [4.78, 5) is 23.8. The minimum Gasteiger partial charge on any atom is -0.480 e. The van der Waals surface area contributed by atoms with Crippen LogP contribution in [0.3, 0.4) is 0 Å². The lowest BCUT2D eigenvalue weighted by Crippen LogP contribution is -2.38. The number of anilines is 1. The quantitative estimate of drug-likeness (QED) is 0.821. The number of primary amides is 1. The summed E-state index contributed by atoms with van der Waals surface area (Å²) in [5.41, 5.74) is 5.54. The van der Waals surface area contributed by atoms with E-state index in [1.165, 1.54) is 17.0 Å². The van der Waals surface area contributed by atoms with Crippen molar-refractivity contribution in [1.29, 1.82) is 0 Å². The number of hydrogen-bond donors (Lipinski definition) is 2. The molecule has 0 radical (unpaired) electrons. The van der Waals surface area contributed by atoms with Gasteiger partial charge >= 0.3 is 5.97 Å². The zero-order valence-corrected chi connectivity index (χ0v) is 10.9. The van der Waals surface area contributed by atoms with Crippen LogP contribution in [0.4, 0.5) is 10.1 Å². The average Bonchev–Trinajstić information content (AvgIpc) is 2.35. The van der Waals surface area contributed by atoms with Gasteiger partial charge in [0.25, 0.3) is 5.91 Å². The molecule has 1 rings (SSSR count). The molecule has 1 atom stereocenters. The summed E-state index contributed by atoms with van der Waals surface area (Å²) >= 11 is 0. The second kappa shape index (κ2) is 6.17. The molecule has 1 aromatic carbocycles. The number of carbonyl (C=O) groups is 2. The predicted octanol–water partition coefficient (Wildman–Crippen LogP) is 1.61. The van der Waals surface area contributed by atoms with E-state index in [0.29, 0.717) is 12.1 Å². The van der Waals surface area contributed by atoms with Gasteiger partial charge in [-0.05, 0) is 31.5 Å². The second-order valence-electron chi connectivity index (χ2n) is 4.30. The highest BCUT2D eigenvalue weighted by molar-refractivity contribution is 5.99. The first kappa shape index (κ1) is 14.9. The van der Waals surface area contributed by atoms with Crippen LogP contribution in [0.5, 0.6) is 0 Å². The first-order valence-corrected chi connectivity index (χ1v) is 5.94. The molecule has 1 amide bonds. The van der Waals surface area contributed by atoms with Crippen molar-refractivity contribution in [2.75, 3.05) is 11.4 Å². The van der Waals surface area contributed by atoms with Crippen molar-refractivity contribution in [2.24, 2.45) is 5.73 Å². The molecule has 0 saturated heterocycles. The molecule has 1 unspecified atom stereocenters. The van der Waals surface area contributed by atoms with Gasteiger partial charge in [0.05, 0.1) is 11.3 Å². The number of carbonyl (C=O) groups excluding carboxylic acids is 1. The Morgan fingerprint density at radius 2 is 2.11 bits per heavy atom. The Labute approximate surface area is 110 Å². The standard InChI is InChI=1S/C13H17FN2O3/c1-3-8(2)16(7-12(17)18)11-5-4-9(14)6-10(11)13(15)19/h4-6,8H,3,7H2,1-2H3,(H2,15,19)(H,17,18). The lowest BCUT2D eigenvalue weighted by Gasteiger charge is -2.30. The minimum atomic E-state index is -1.03. The van der Waals surface area contributed by atoms with Crippen LogP contribution in [0.25, 0.3) is 0 Å². The zero-order chi connectivity index (χ0) is 14.6. The van der Waals surface area contributed by atoms with Crippen LogP contribution in [0.15, 0.2) is 18.2 Å². The molecule has 6 heteroatoms. The van der Waals surface area contributed by atoms with Crippen LogP contribution in [-0.2, 0) is 4.79 Å². The number of carboxylic acids is 1. The van der Waals surface area contributed by atoms with Crippen molar-refractivity contribution >= 4 is 17.6 Å². The molecule has 104 valence electrons. The molecule has 0 aliphatic heterocycles. The van der Waals surface area contributed by atoms with Crippen LogP contribution >= 0.6 is 0 Å². The molecule has 5 nitrogen and oxygen atoms in total. The van der Waals surface area contributed by atoms with Gasteiger partial charge in [0, 0.05) is 6.04 Å². The van der Waals surface area contributed by atoms with E-state index in [4.69, 9.17) is 10.8 Å². The molecule has 1 aromatic rings. The summed E-state index contributed by atoms with van der Waals surface area (Å²) in [5.74, 6) is -2.40. The fourth-order valence-electron chi connectivity index (χ4n) is 1.80. The normalized spacial score (nSPS) is 11.9. The number of nitrogens with zero attached hydrogens (tertiary/aromatic N) is 1. The van der Waals surface area contributed by atoms with E-state index in [2.05, 4.69) is 0 Å². The number of hydrogen-bond acceptors (Lipinski definition) is 3. The SMILES string of the molecule is CCC(C)N(CC(=O)O)c1ccc(F)cc1C(N)=O. The van der Waals surface area contributed by atoms with E-state index >= 15 is 0 Å². The number of nitrogens with two attached hydrogens (primary N) is 1. The topological polar surface area (TPSA) is 83.6 Å². The van der Waals surface area contributed by atoms with E-state index < -0.39 is 17.7 Å². The van der Waals surface area contributed by atoms with E-state index in [0.717, 1.165) is 6.07 Å². The Bertz CT molecular complexity index is 491. The fraction of sp³-hybridized carbons (Fsp3) is 0.385. The van der Waals surface area contributed by atoms with Crippen molar-refractivity contribution in [1.82, 2.24) is 0 Å². The van der Waals surface area contributed by atoms with Gasteiger partial charge in [-0.1, -0.05) is 6.92 Å². The van der Waals surface area contributed by atoms with Crippen molar-refractivity contribution in [2.45, 2.75) is 26.3 Å². The highest BCUT2D eigenvalue weighted by Gasteiger charge is 2.21. The molecule has 0 bridgehead atoms. The fourth-order valence-corrected chi connectivity index (χ4v) is 1.80. The molecular weight excluding hydrogens is 251 g/mol. The van der Waals surface area contributed by atoms with Crippen molar-refractivity contribution in [3.8, 4) is 0 Å². The van der Waals surface area contributed by atoms with Gasteiger partial charge in [-0.15, -0.1) is 0 Å². The molecule has 0 aliphatic rings. The molecule has 0 heterocycles. The molecular formula is C13H17FN2O3. The number of rotatable bonds is 6. The molecule has 0 saturated carbocycles. The monoisotopic (exact) mass is 268 g/mol. The molecule has 0 fully saturated rings. The molecule has 0 aliphatic carbocycles. The molecule has 0 spiro atoms. The first-order chi connectivity index (χ1) is 8.86. The third-order valence-electron chi connectivity index (χ3n) is 2.96. The van der Waals surface area contributed by atoms with Crippen molar-refractivity contribution in [3.63, 3.8) is 0 Å². The summed E-state index contributed by atoms with van der Waals surface area (Å²) in [5, 5.41) is 8.94. The Balaban J connectivity index is 3.28. The van der Waals surface area contributed by atoms with Gasteiger partial charge in [0.2, 0.25) is 0 Å². The minimum absolute atomic E-state index is 0.0125. The Kier molecular flexibility index (Phi) is 4.86. The van der Waals surface area contributed by atoms with Crippen LogP contribution in [-0.4, -0.2) is 29.6 Å². The van der Waals surface area contributed by atoms with Crippen LogP contribution in [0.1, 0.15) is 30.6 Å². The highest BCUT2D eigenvalue weighted by atomic mass is 19.1. The number of carboxylic acid groups (broad SMARTS) is 1. The van der Waals surface area contributed by atoms with Crippen LogP contribution in [0.2, 0.25) is 0 Å².